The van der Waals surface area contributed by atoms with Crippen LogP contribution in [0, 0.1) is 11.8 Å². The van der Waals surface area contributed by atoms with Crippen LogP contribution in [0.25, 0.3) is 0 Å². The van der Waals surface area contributed by atoms with E-state index in [1.807, 2.05) is 6.20 Å². The van der Waals surface area contributed by atoms with Gasteiger partial charge in [-0.15, -0.1) is 0 Å². The monoisotopic (exact) mass is 383 g/mol. The lowest BCUT2D eigenvalue weighted by Crippen LogP contribution is -2.42. The molecule has 4 atom stereocenters. The molecule has 2 aromatic rings. The molecule has 2 bridgehead atoms. The molecule has 3 fully saturated rings. The van der Waals surface area contributed by atoms with Crippen LogP contribution in [0.3, 0.4) is 0 Å². The first-order valence-electron chi connectivity index (χ1n) is 9.86. The number of nitrogens with zero attached hydrogens (tertiary/aromatic N) is 3. The van der Waals surface area contributed by atoms with E-state index in [4.69, 9.17) is 4.74 Å². The number of hydrogen-bond acceptors (Lipinski definition) is 5. The van der Waals surface area contributed by atoms with Gasteiger partial charge in [0.05, 0.1) is 18.0 Å². The van der Waals surface area contributed by atoms with E-state index in [0.717, 1.165) is 38.2 Å². The standard InChI is InChI=1S/C20H25N5O3/c1-24-5-3-13(6-18(24)26)19(27)22-8-15-16-10-25(9-14-7-21-12-23-14)11-20(16)4-2-17(15)28-20/h3,5-7,12,15-17H,2,4,8-11H2,1H3,(H,21,23)(H,22,27)/t15-,16+,17+,20+/m0/s1. The predicted octanol–water partition coefficient (Wildman–Crippen LogP) is 0.518. The van der Waals surface area contributed by atoms with Crippen LogP contribution in [0.5, 0.6) is 0 Å². The molecule has 1 spiro atoms. The second-order valence-corrected chi connectivity index (χ2v) is 8.35. The van der Waals surface area contributed by atoms with E-state index in [9.17, 15) is 9.59 Å². The molecule has 28 heavy (non-hydrogen) atoms. The second kappa shape index (κ2) is 6.56. The van der Waals surface area contributed by atoms with Crippen molar-refractivity contribution in [1.29, 1.82) is 0 Å². The summed E-state index contributed by atoms with van der Waals surface area (Å²) in [6, 6.07) is 3.06. The number of nitrogens with one attached hydrogen (secondary N) is 2. The number of carbonyl (C=O) groups excluding carboxylic acids is 1. The zero-order valence-electron chi connectivity index (χ0n) is 15.9. The highest BCUT2D eigenvalue weighted by molar-refractivity contribution is 5.93. The summed E-state index contributed by atoms with van der Waals surface area (Å²) in [5.74, 6) is 0.552. The van der Waals surface area contributed by atoms with Crippen molar-refractivity contribution in [3.8, 4) is 0 Å². The summed E-state index contributed by atoms with van der Waals surface area (Å²) >= 11 is 0. The number of aryl methyl sites for hydroxylation is 1. The minimum atomic E-state index is -0.193. The molecular formula is C20H25N5O3. The van der Waals surface area contributed by atoms with Crippen LogP contribution >= 0.6 is 0 Å². The van der Waals surface area contributed by atoms with Crippen LogP contribution in [0.15, 0.2) is 35.6 Å². The van der Waals surface area contributed by atoms with Gasteiger partial charge in [0.15, 0.2) is 0 Å². The van der Waals surface area contributed by atoms with Crippen molar-refractivity contribution >= 4 is 5.91 Å². The molecule has 3 aliphatic rings. The Hall–Kier alpha value is -2.45. The highest BCUT2D eigenvalue weighted by Crippen LogP contribution is 2.54. The molecule has 5 rings (SSSR count). The summed E-state index contributed by atoms with van der Waals surface area (Å²) in [6.07, 6.45) is 7.58. The number of ether oxygens (including phenoxy) is 1. The fourth-order valence-electron chi connectivity index (χ4n) is 5.29. The maximum Gasteiger partial charge on any atom is 0.251 e. The zero-order chi connectivity index (χ0) is 19.3. The maximum atomic E-state index is 12.5. The van der Waals surface area contributed by atoms with Gasteiger partial charge in [-0.05, 0) is 18.9 Å². The third-order valence-corrected chi connectivity index (χ3v) is 6.67. The smallest absolute Gasteiger partial charge is 0.251 e. The number of H-pyrrole nitrogens is 1. The number of pyridine rings is 1. The van der Waals surface area contributed by atoms with Crippen molar-refractivity contribution in [3.05, 3.63) is 52.5 Å². The Bertz CT molecular complexity index is 940. The molecule has 148 valence electrons. The van der Waals surface area contributed by atoms with Gasteiger partial charge in [0.25, 0.3) is 11.5 Å². The number of carbonyl (C=O) groups is 1. The van der Waals surface area contributed by atoms with Gasteiger partial charge in [0.1, 0.15) is 0 Å². The Kier molecular flexibility index (Phi) is 4.13. The second-order valence-electron chi connectivity index (χ2n) is 8.35. The van der Waals surface area contributed by atoms with Crippen LogP contribution in [-0.4, -0.2) is 56.7 Å². The summed E-state index contributed by atoms with van der Waals surface area (Å²) in [7, 11) is 1.67. The molecule has 0 aliphatic carbocycles. The van der Waals surface area contributed by atoms with Gasteiger partial charge in [-0.1, -0.05) is 0 Å². The summed E-state index contributed by atoms with van der Waals surface area (Å²) in [5, 5.41) is 3.04. The Labute approximate surface area is 162 Å². The van der Waals surface area contributed by atoms with Crippen LogP contribution in [0.2, 0.25) is 0 Å². The summed E-state index contributed by atoms with van der Waals surface area (Å²) in [6.45, 7) is 3.34. The van der Waals surface area contributed by atoms with Crippen molar-refractivity contribution in [3.63, 3.8) is 0 Å². The van der Waals surface area contributed by atoms with Gasteiger partial charge in [0, 0.05) is 74.8 Å². The first kappa shape index (κ1) is 17.6. The molecule has 0 saturated carbocycles. The maximum absolute atomic E-state index is 12.5. The fraction of sp³-hybridized carbons (Fsp3) is 0.550. The van der Waals surface area contributed by atoms with Gasteiger partial charge in [0.2, 0.25) is 0 Å². The predicted molar refractivity (Wildman–Crippen MR) is 102 cm³/mol. The van der Waals surface area contributed by atoms with Crippen molar-refractivity contribution in [2.45, 2.75) is 31.1 Å². The van der Waals surface area contributed by atoms with E-state index in [0.29, 0.717) is 23.9 Å². The number of amides is 1. The van der Waals surface area contributed by atoms with E-state index in [1.54, 1.807) is 25.6 Å². The summed E-state index contributed by atoms with van der Waals surface area (Å²) < 4.78 is 7.90. The van der Waals surface area contributed by atoms with Crippen molar-refractivity contribution in [2.24, 2.45) is 18.9 Å². The SMILES string of the molecule is Cn1ccc(C(=O)NC[C@H]2[C@H]3CN(Cc4cnc[nH]4)C[C@]34CC[C@H]2O4)cc1=O. The number of fused-ring (bicyclic) bond motifs is 1. The molecule has 3 aliphatic heterocycles. The van der Waals surface area contributed by atoms with Gasteiger partial charge >= 0.3 is 0 Å². The molecular weight excluding hydrogens is 358 g/mol. The van der Waals surface area contributed by atoms with Crippen LogP contribution in [-0.2, 0) is 18.3 Å². The third kappa shape index (κ3) is 2.87. The lowest BCUT2D eigenvalue weighted by molar-refractivity contribution is 0.00204. The highest BCUT2D eigenvalue weighted by Gasteiger charge is 2.62. The van der Waals surface area contributed by atoms with E-state index < -0.39 is 0 Å². The highest BCUT2D eigenvalue weighted by atomic mass is 16.5. The topological polar surface area (TPSA) is 92.2 Å². The van der Waals surface area contributed by atoms with E-state index in [-0.39, 0.29) is 23.2 Å². The first-order chi connectivity index (χ1) is 13.5. The molecule has 5 heterocycles. The Morgan fingerprint density at radius 2 is 2.39 bits per heavy atom. The number of imidazole rings is 1. The average Bonchev–Trinajstić information content (AvgIpc) is 3.43. The van der Waals surface area contributed by atoms with Gasteiger partial charge < -0.3 is 19.6 Å². The van der Waals surface area contributed by atoms with Crippen molar-refractivity contribution in [1.82, 2.24) is 24.8 Å². The van der Waals surface area contributed by atoms with Crippen molar-refractivity contribution < 1.29 is 9.53 Å². The molecule has 8 nitrogen and oxygen atoms in total. The van der Waals surface area contributed by atoms with E-state index >= 15 is 0 Å². The molecule has 1 amide bonds. The molecule has 2 N–H and O–H groups in total. The lowest BCUT2D eigenvalue weighted by Gasteiger charge is -2.29. The Balaban J connectivity index is 1.25. The van der Waals surface area contributed by atoms with Gasteiger partial charge in [-0.2, -0.15) is 0 Å². The molecule has 2 aromatic heterocycles. The van der Waals surface area contributed by atoms with Crippen LogP contribution in [0.1, 0.15) is 28.9 Å². The largest absolute Gasteiger partial charge is 0.370 e. The quantitative estimate of drug-likeness (QED) is 0.785. The average molecular weight is 383 g/mol. The minimum Gasteiger partial charge on any atom is -0.370 e. The fourth-order valence-corrected chi connectivity index (χ4v) is 5.29. The van der Waals surface area contributed by atoms with Crippen molar-refractivity contribution in [2.75, 3.05) is 19.6 Å². The molecule has 8 heteroatoms. The minimum absolute atomic E-state index is 0.0667. The number of rotatable bonds is 5. The molecule has 3 saturated heterocycles. The Morgan fingerprint density at radius 3 is 3.18 bits per heavy atom. The number of aromatic nitrogens is 3. The molecule has 0 aromatic carbocycles. The van der Waals surface area contributed by atoms with Gasteiger partial charge in [-0.25, -0.2) is 4.98 Å². The van der Waals surface area contributed by atoms with Crippen LogP contribution < -0.4 is 10.9 Å². The first-order valence-corrected chi connectivity index (χ1v) is 9.86. The normalized spacial score (nSPS) is 31.2. The zero-order valence-corrected chi connectivity index (χ0v) is 15.9. The van der Waals surface area contributed by atoms with E-state index in [1.165, 1.54) is 10.6 Å². The van der Waals surface area contributed by atoms with E-state index in [2.05, 4.69) is 20.2 Å². The van der Waals surface area contributed by atoms with Crippen LogP contribution in [0.4, 0.5) is 0 Å². The number of hydrogen-bond donors (Lipinski definition) is 2. The van der Waals surface area contributed by atoms with Gasteiger partial charge in [-0.3, -0.25) is 14.5 Å². The summed E-state index contributed by atoms with van der Waals surface area (Å²) in [5.41, 5.74) is 1.28. The number of aromatic amines is 1. The summed E-state index contributed by atoms with van der Waals surface area (Å²) in [4.78, 5) is 34.0. The Morgan fingerprint density at radius 1 is 1.50 bits per heavy atom. The lowest BCUT2D eigenvalue weighted by atomic mass is 9.73. The number of likely N-dealkylation sites (tertiary alicyclic amines) is 1. The molecule has 0 radical (unpaired) electrons. The third-order valence-electron chi connectivity index (χ3n) is 6.67. The molecule has 0 unspecified atom stereocenters.